The third-order valence-corrected chi connectivity index (χ3v) is 4.65. The molecule has 1 N–H and O–H groups in total. The largest absolute Gasteiger partial charge is 0.465 e. The van der Waals surface area contributed by atoms with Crippen molar-refractivity contribution in [2.45, 2.75) is 57.2 Å². The van der Waals surface area contributed by atoms with E-state index in [1.807, 2.05) is 6.92 Å². The van der Waals surface area contributed by atoms with Crippen molar-refractivity contribution in [2.75, 3.05) is 7.11 Å². The van der Waals surface area contributed by atoms with Gasteiger partial charge < -0.3 is 9.84 Å². The molecule has 0 spiro atoms. The molecule has 0 bridgehead atoms. The summed E-state index contributed by atoms with van der Waals surface area (Å²) >= 11 is 0. The fourth-order valence-electron chi connectivity index (χ4n) is 3.57. The zero-order valence-electron chi connectivity index (χ0n) is 13.2. The summed E-state index contributed by atoms with van der Waals surface area (Å²) in [6, 6.07) is 6.13. The average Bonchev–Trinajstić information content (AvgIpc) is 2.54. The van der Waals surface area contributed by atoms with Gasteiger partial charge in [0.25, 0.3) is 0 Å². The lowest BCUT2D eigenvalue weighted by Crippen LogP contribution is -2.55. The highest BCUT2D eigenvalue weighted by atomic mass is 19.1. The number of hydrogen-bond acceptors (Lipinski definition) is 2. The van der Waals surface area contributed by atoms with Crippen molar-refractivity contribution in [3.63, 3.8) is 0 Å². The van der Waals surface area contributed by atoms with Crippen LogP contribution in [0.2, 0.25) is 0 Å². The van der Waals surface area contributed by atoms with E-state index >= 15 is 0 Å². The second-order valence-corrected chi connectivity index (χ2v) is 5.77. The molecule has 1 amide bonds. The van der Waals surface area contributed by atoms with Crippen LogP contribution in [-0.2, 0) is 10.5 Å². The number of methoxy groups -OCH3 is 1. The minimum Gasteiger partial charge on any atom is -0.465 e. The fourth-order valence-corrected chi connectivity index (χ4v) is 3.57. The molecule has 1 atom stereocenters. The van der Waals surface area contributed by atoms with Crippen LogP contribution in [0.1, 0.15) is 51.0 Å². The lowest BCUT2D eigenvalue weighted by Gasteiger charge is -2.46. The van der Waals surface area contributed by atoms with E-state index in [-0.39, 0.29) is 11.6 Å². The number of benzene rings is 1. The molecule has 0 radical (unpaired) electrons. The van der Waals surface area contributed by atoms with Gasteiger partial charge in [-0.1, -0.05) is 44.4 Å². The molecule has 1 aromatic rings. The summed E-state index contributed by atoms with van der Waals surface area (Å²) in [5, 5.41) is 9.80. The maximum Gasteiger partial charge on any atom is 0.410 e. The maximum absolute atomic E-state index is 14.3. The highest BCUT2D eigenvalue weighted by Gasteiger charge is 2.45. The molecular formula is C17H24FNO3. The van der Waals surface area contributed by atoms with Gasteiger partial charge in [0.1, 0.15) is 5.82 Å². The van der Waals surface area contributed by atoms with E-state index < -0.39 is 17.6 Å². The van der Waals surface area contributed by atoms with E-state index in [0.29, 0.717) is 6.42 Å². The molecule has 1 aliphatic rings. The van der Waals surface area contributed by atoms with E-state index in [4.69, 9.17) is 4.74 Å². The molecular weight excluding hydrogens is 285 g/mol. The Morgan fingerprint density at radius 2 is 2.00 bits per heavy atom. The zero-order valence-corrected chi connectivity index (χ0v) is 13.2. The molecule has 122 valence electrons. The van der Waals surface area contributed by atoms with Gasteiger partial charge in [-0.3, -0.25) is 4.90 Å². The highest BCUT2D eigenvalue weighted by Crippen LogP contribution is 2.39. The SMILES string of the molecule is CCC(OC)(c1ccccc1F)N(C(=O)O)C1CCCCC1. The van der Waals surface area contributed by atoms with Crippen molar-refractivity contribution in [1.82, 2.24) is 4.90 Å². The Balaban J connectivity index is 2.50. The summed E-state index contributed by atoms with van der Waals surface area (Å²) in [6.45, 7) is 1.83. The van der Waals surface area contributed by atoms with Gasteiger partial charge in [0.15, 0.2) is 5.72 Å². The van der Waals surface area contributed by atoms with Crippen LogP contribution in [0.5, 0.6) is 0 Å². The first-order valence-corrected chi connectivity index (χ1v) is 7.89. The third kappa shape index (κ3) is 2.95. The van der Waals surface area contributed by atoms with Crippen molar-refractivity contribution in [2.24, 2.45) is 0 Å². The zero-order chi connectivity index (χ0) is 16.2. The molecule has 0 saturated heterocycles. The number of hydrogen-bond donors (Lipinski definition) is 1. The first-order chi connectivity index (χ1) is 10.6. The molecule has 4 nitrogen and oxygen atoms in total. The molecule has 5 heteroatoms. The normalized spacial score (nSPS) is 18.7. The van der Waals surface area contributed by atoms with Crippen LogP contribution < -0.4 is 0 Å². The molecule has 0 aromatic heterocycles. The molecule has 0 heterocycles. The first-order valence-electron chi connectivity index (χ1n) is 7.89. The van der Waals surface area contributed by atoms with E-state index in [1.54, 1.807) is 18.2 Å². The predicted octanol–water partition coefficient (Wildman–Crippen LogP) is 4.35. The van der Waals surface area contributed by atoms with Crippen molar-refractivity contribution in [3.8, 4) is 0 Å². The number of nitrogens with zero attached hydrogens (tertiary/aromatic N) is 1. The smallest absolute Gasteiger partial charge is 0.410 e. The number of rotatable bonds is 5. The van der Waals surface area contributed by atoms with E-state index in [2.05, 4.69) is 0 Å². The Morgan fingerprint density at radius 3 is 2.50 bits per heavy atom. The molecule has 1 aromatic carbocycles. The van der Waals surface area contributed by atoms with Gasteiger partial charge in [0.05, 0.1) is 0 Å². The molecule has 1 aliphatic carbocycles. The number of halogens is 1. The molecule has 1 unspecified atom stereocenters. The van der Waals surface area contributed by atoms with Crippen LogP contribution in [0.25, 0.3) is 0 Å². The van der Waals surface area contributed by atoms with Gasteiger partial charge >= 0.3 is 6.09 Å². The van der Waals surface area contributed by atoms with Crippen molar-refractivity contribution < 1.29 is 19.0 Å². The van der Waals surface area contributed by atoms with Crippen molar-refractivity contribution in [3.05, 3.63) is 35.6 Å². The Labute approximate surface area is 130 Å². The summed E-state index contributed by atoms with van der Waals surface area (Å²) in [5.41, 5.74) is -0.993. The van der Waals surface area contributed by atoms with Crippen LogP contribution in [-0.4, -0.2) is 29.3 Å². The third-order valence-electron chi connectivity index (χ3n) is 4.65. The van der Waals surface area contributed by atoms with Crippen molar-refractivity contribution in [1.29, 1.82) is 0 Å². The first kappa shape index (κ1) is 16.7. The molecule has 22 heavy (non-hydrogen) atoms. The second-order valence-electron chi connectivity index (χ2n) is 5.77. The van der Waals surface area contributed by atoms with E-state index in [9.17, 15) is 14.3 Å². The topological polar surface area (TPSA) is 49.8 Å². The van der Waals surface area contributed by atoms with Gasteiger partial charge in [0, 0.05) is 18.7 Å². The quantitative estimate of drug-likeness (QED) is 0.823. The van der Waals surface area contributed by atoms with E-state index in [0.717, 1.165) is 32.1 Å². The molecule has 2 rings (SSSR count). The van der Waals surface area contributed by atoms with Gasteiger partial charge in [-0.15, -0.1) is 0 Å². The summed E-state index contributed by atoms with van der Waals surface area (Å²) in [4.78, 5) is 13.3. The second kappa shape index (κ2) is 7.09. The Morgan fingerprint density at radius 1 is 1.36 bits per heavy atom. The van der Waals surface area contributed by atoms with Crippen LogP contribution in [0.15, 0.2) is 24.3 Å². The molecule has 0 aliphatic heterocycles. The predicted molar refractivity (Wildman–Crippen MR) is 82.1 cm³/mol. The molecule has 1 fully saturated rings. The summed E-state index contributed by atoms with van der Waals surface area (Å²) < 4.78 is 20.0. The van der Waals surface area contributed by atoms with Gasteiger partial charge in [-0.05, 0) is 25.3 Å². The summed E-state index contributed by atoms with van der Waals surface area (Å²) in [6.07, 6.45) is 4.00. The van der Waals surface area contributed by atoms with Crippen molar-refractivity contribution >= 4 is 6.09 Å². The number of carbonyl (C=O) groups is 1. The van der Waals surface area contributed by atoms with Crippen LogP contribution in [0.4, 0.5) is 9.18 Å². The Kier molecular flexibility index (Phi) is 5.40. The molecule has 1 saturated carbocycles. The monoisotopic (exact) mass is 309 g/mol. The van der Waals surface area contributed by atoms with Crippen LogP contribution in [0, 0.1) is 5.82 Å². The van der Waals surface area contributed by atoms with Gasteiger partial charge in [-0.2, -0.15) is 0 Å². The maximum atomic E-state index is 14.3. The average molecular weight is 309 g/mol. The Hall–Kier alpha value is -1.62. The van der Waals surface area contributed by atoms with Crippen LogP contribution >= 0.6 is 0 Å². The number of amides is 1. The lowest BCUT2D eigenvalue weighted by molar-refractivity contribution is -0.151. The lowest BCUT2D eigenvalue weighted by atomic mass is 9.89. The van der Waals surface area contributed by atoms with E-state index in [1.165, 1.54) is 18.1 Å². The minimum absolute atomic E-state index is 0.134. The number of carboxylic acid groups (broad SMARTS) is 1. The van der Waals surface area contributed by atoms with Crippen LogP contribution in [0.3, 0.4) is 0 Å². The summed E-state index contributed by atoms with van der Waals surface area (Å²) in [5.74, 6) is -0.437. The Bertz CT molecular complexity index is 510. The van der Waals surface area contributed by atoms with Gasteiger partial charge in [-0.25, -0.2) is 9.18 Å². The standard InChI is InChI=1S/C17H24FNO3/c1-3-17(22-2,14-11-7-8-12-15(14)18)19(16(20)21)13-9-5-4-6-10-13/h7-8,11-13H,3-6,9-10H2,1-2H3,(H,20,21). The fraction of sp³-hybridized carbons (Fsp3) is 0.588. The van der Waals surface area contributed by atoms with Gasteiger partial charge in [0.2, 0.25) is 0 Å². The summed E-state index contributed by atoms with van der Waals surface area (Å²) in [7, 11) is 1.45. The minimum atomic E-state index is -1.28. The number of ether oxygens (including phenoxy) is 1. The highest BCUT2D eigenvalue weighted by molar-refractivity contribution is 5.67.